The van der Waals surface area contributed by atoms with Crippen LogP contribution in [0.25, 0.3) is 0 Å². The number of hydrogen-bond acceptors (Lipinski definition) is 3. The third-order valence-electron chi connectivity index (χ3n) is 1.50. The molecule has 0 N–H and O–H groups in total. The fourth-order valence-electron chi connectivity index (χ4n) is 0.919. The van der Waals surface area contributed by atoms with Crippen LogP contribution in [-0.2, 0) is 4.74 Å². The van der Waals surface area contributed by atoms with E-state index in [-0.39, 0.29) is 5.88 Å². The summed E-state index contributed by atoms with van der Waals surface area (Å²) in [6, 6.07) is 0. The average molecular weight is 196 g/mol. The third-order valence-corrected chi connectivity index (χ3v) is 1.75. The molecule has 0 fully saturated rings. The SMILES string of the molecule is O=C1N=NC(=C2C=C[C](Cl)C=C2)O1. The van der Waals surface area contributed by atoms with Crippen LogP contribution in [0.5, 0.6) is 0 Å². The Labute approximate surface area is 79.2 Å². The van der Waals surface area contributed by atoms with Gasteiger partial charge < -0.3 is 4.74 Å². The lowest BCUT2D eigenvalue weighted by Crippen LogP contribution is -1.93. The predicted octanol–water partition coefficient (Wildman–Crippen LogP) is 2.70. The van der Waals surface area contributed by atoms with E-state index in [1.165, 1.54) is 0 Å². The highest BCUT2D eigenvalue weighted by Gasteiger charge is 2.17. The van der Waals surface area contributed by atoms with Gasteiger partial charge in [0.25, 0.3) is 5.88 Å². The van der Waals surface area contributed by atoms with Crippen LogP contribution in [0.3, 0.4) is 0 Å². The standard InChI is InChI=1S/C8H4ClN2O2/c9-6-3-1-5(2-4-6)7-10-11-8(12)13-7/h1-4H. The summed E-state index contributed by atoms with van der Waals surface area (Å²) in [5.74, 6) is 0.210. The van der Waals surface area contributed by atoms with Gasteiger partial charge >= 0.3 is 6.09 Å². The van der Waals surface area contributed by atoms with Crippen molar-refractivity contribution in [3.63, 3.8) is 0 Å². The zero-order valence-corrected chi connectivity index (χ0v) is 7.15. The van der Waals surface area contributed by atoms with Gasteiger partial charge in [-0.25, -0.2) is 4.79 Å². The summed E-state index contributed by atoms with van der Waals surface area (Å²) < 4.78 is 4.69. The molecule has 2 rings (SSSR count). The molecular formula is C8H4ClN2O2. The van der Waals surface area contributed by atoms with Crippen LogP contribution in [-0.4, -0.2) is 6.09 Å². The van der Waals surface area contributed by atoms with Gasteiger partial charge in [0.15, 0.2) is 0 Å². The molecule has 1 aliphatic carbocycles. The molecule has 4 nitrogen and oxygen atoms in total. The van der Waals surface area contributed by atoms with Crippen molar-refractivity contribution < 1.29 is 9.53 Å². The largest absolute Gasteiger partial charge is 0.459 e. The number of allylic oxidation sites excluding steroid dienone is 5. The van der Waals surface area contributed by atoms with Crippen LogP contribution in [0.1, 0.15) is 0 Å². The van der Waals surface area contributed by atoms with E-state index in [4.69, 9.17) is 11.6 Å². The molecule has 2 aliphatic rings. The van der Waals surface area contributed by atoms with Crippen LogP contribution in [0, 0.1) is 5.38 Å². The molecule has 0 unspecified atom stereocenters. The van der Waals surface area contributed by atoms with Gasteiger partial charge in [0.2, 0.25) is 0 Å². The third kappa shape index (κ3) is 1.67. The van der Waals surface area contributed by atoms with E-state index in [0.717, 1.165) is 0 Å². The van der Waals surface area contributed by atoms with E-state index in [2.05, 4.69) is 15.0 Å². The summed E-state index contributed by atoms with van der Waals surface area (Å²) in [4.78, 5) is 10.6. The zero-order chi connectivity index (χ0) is 9.26. The van der Waals surface area contributed by atoms with Gasteiger partial charge in [-0.05, 0) is 0 Å². The number of cyclic esters (lactones) is 1. The molecule has 13 heavy (non-hydrogen) atoms. The number of carbonyl (C=O) groups is 1. The van der Waals surface area contributed by atoms with Crippen molar-refractivity contribution in [2.24, 2.45) is 10.2 Å². The molecule has 0 saturated carbocycles. The van der Waals surface area contributed by atoms with Crippen molar-refractivity contribution in [2.45, 2.75) is 0 Å². The minimum Gasteiger partial charge on any atom is -0.386 e. The molecule has 5 heteroatoms. The Balaban J connectivity index is 2.27. The summed E-state index contributed by atoms with van der Waals surface area (Å²) in [6.45, 7) is 0. The topological polar surface area (TPSA) is 51.0 Å². The number of rotatable bonds is 0. The number of azo groups is 1. The summed E-state index contributed by atoms with van der Waals surface area (Å²) in [7, 11) is 0. The molecule has 65 valence electrons. The predicted molar refractivity (Wildman–Crippen MR) is 45.7 cm³/mol. The molecular weight excluding hydrogens is 192 g/mol. The lowest BCUT2D eigenvalue weighted by atomic mass is 10.1. The van der Waals surface area contributed by atoms with Gasteiger partial charge in [0.1, 0.15) is 5.38 Å². The van der Waals surface area contributed by atoms with Crippen molar-refractivity contribution in [1.29, 1.82) is 0 Å². The van der Waals surface area contributed by atoms with Gasteiger partial charge in [0, 0.05) is 5.57 Å². The highest BCUT2D eigenvalue weighted by molar-refractivity contribution is 6.30. The van der Waals surface area contributed by atoms with Crippen LogP contribution < -0.4 is 0 Å². The molecule has 1 aliphatic heterocycles. The minimum atomic E-state index is -0.690. The molecule has 0 spiro atoms. The molecule has 0 aromatic carbocycles. The minimum absolute atomic E-state index is 0.210. The second kappa shape index (κ2) is 3.14. The Bertz CT molecular complexity index is 352. The van der Waals surface area contributed by atoms with E-state index in [1.54, 1.807) is 24.3 Å². The second-order valence-electron chi connectivity index (χ2n) is 2.38. The number of ether oxygens (including phenoxy) is 1. The van der Waals surface area contributed by atoms with Gasteiger partial charge in [0.05, 0.1) is 0 Å². The lowest BCUT2D eigenvalue weighted by molar-refractivity contribution is 0.196. The Hall–Kier alpha value is -1.42. The number of amides is 1. The van der Waals surface area contributed by atoms with Crippen molar-refractivity contribution >= 4 is 17.7 Å². The van der Waals surface area contributed by atoms with Crippen molar-refractivity contribution in [1.82, 2.24) is 0 Å². The quantitative estimate of drug-likeness (QED) is 0.597. The Morgan fingerprint density at radius 2 is 1.85 bits per heavy atom. The first-order chi connectivity index (χ1) is 6.25. The maximum atomic E-state index is 10.6. The van der Waals surface area contributed by atoms with Gasteiger partial charge in [-0.2, -0.15) is 0 Å². The van der Waals surface area contributed by atoms with E-state index >= 15 is 0 Å². The fraction of sp³-hybridized carbons (Fsp3) is 0. The molecule has 0 atom stereocenters. The number of nitrogens with zero attached hydrogens (tertiary/aromatic N) is 2. The molecule has 1 heterocycles. The Morgan fingerprint density at radius 3 is 2.38 bits per heavy atom. The molecule has 0 aromatic heterocycles. The van der Waals surface area contributed by atoms with E-state index in [9.17, 15) is 4.79 Å². The highest BCUT2D eigenvalue weighted by Crippen LogP contribution is 2.24. The van der Waals surface area contributed by atoms with Crippen LogP contribution in [0.2, 0.25) is 0 Å². The summed E-state index contributed by atoms with van der Waals surface area (Å²) in [6.07, 6.45) is 6.09. The summed E-state index contributed by atoms with van der Waals surface area (Å²) in [5.41, 5.74) is 0.680. The van der Waals surface area contributed by atoms with E-state index < -0.39 is 6.09 Å². The first kappa shape index (κ1) is 8.19. The van der Waals surface area contributed by atoms with E-state index in [0.29, 0.717) is 11.0 Å². The van der Waals surface area contributed by atoms with Crippen molar-refractivity contribution in [3.8, 4) is 0 Å². The van der Waals surface area contributed by atoms with Gasteiger partial charge in [-0.1, -0.05) is 29.4 Å². The first-order valence-electron chi connectivity index (χ1n) is 3.52. The van der Waals surface area contributed by atoms with E-state index in [1.807, 2.05) is 0 Å². The number of halogens is 1. The maximum absolute atomic E-state index is 10.6. The van der Waals surface area contributed by atoms with Crippen LogP contribution in [0.15, 0.2) is 46.0 Å². The lowest BCUT2D eigenvalue weighted by Gasteiger charge is -2.03. The molecule has 0 bridgehead atoms. The van der Waals surface area contributed by atoms with Crippen LogP contribution >= 0.6 is 11.6 Å². The van der Waals surface area contributed by atoms with Gasteiger partial charge in [-0.15, -0.1) is 16.7 Å². The molecule has 1 amide bonds. The Kier molecular flexibility index (Phi) is 1.98. The smallest absolute Gasteiger partial charge is 0.386 e. The average Bonchev–Trinajstić information content (AvgIpc) is 2.53. The first-order valence-corrected chi connectivity index (χ1v) is 3.90. The monoisotopic (exact) mass is 195 g/mol. The molecule has 0 saturated heterocycles. The normalized spacial score (nSPS) is 21.5. The summed E-state index contributed by atoms with van der Waals surface area (Å²) >= 11 is 5.68. The molecule has 0 aromatic rings. The van der Waals surface area contributed by atoms with Gasteiger partial charge in [-0.3, -0.25) is 0 Å². The Morgan fingerprint density at radius 1 is 1.15 bits per heavy atom. The maximum Gasteiger partial charge on any atom is 0.459 e. The van der Waals surface area contributed by atoms with Crippen molar-refractivity contribution in [2.75, 3.05) is 0 Å². The fourth-order valence-corrected chi connectivity index (χ4v) is 1.04. The number of hydrogen-bond donors (Lipinski definition) is 0. The molecule has 1 radical (unpaired) electrons. The zero-order valence-electron chi connectivity index (χ0n) is 6.40. The van der Waals surface area contributed by atoms with Crippen molar-refractivity contribution in [3.05, 3.63) is 41.1 Å². The highest BCUT2D eigenvalue weighted by atomic mass is 35.5. The van der Waals surface area contributed by atoms with Crippen LogP contribution in [0.4, 0.5) is 4.79 Å². The summed E-state index contributed by atoms with van der Waals surface area (Å²) in [5, 5.41) is 7.37. The second-order valence-corrected chi connectivity index (χ2v) is 2.82. The number of carbonyl (C=O) groups excluding carboxylic acids is 1.